The lowest BCUT2D eigenvalue weighted by Gasteiger charge is -2.43. The number of amides is 1. The summed E-state index contributed by atoms with van der Waals surface area (Å²) in [5.74, 6) is -2.93. The minimum absolute atomic E-state index is 0.0176. The number of benzene rings is 1. The fraction of sp³-hybridized carbons (Fsp3) is 0.440. The van der Waals surface area contributed by atoms with Gasteiger partial charge in [-0.2, -0.15) is 8.78 Å². The number of nitrogens with two attached hydrogens (primary N) is 2. The van der Waals surface area contributed by atoms with Crippen molar-refractivity contribution in [3.05, 3.63) is 57.9 Å². The van der Waals surface area contributed by atoms with Crippen LogP contribution in [0.4, 0.5) is 25.5 Å². The molecule has 3 aliphatic rings. The third kappa shape index (κ3) is 3.59. The SMILES string of the molecule is CC1c2ccccc2CC12CCN(c1cnc(C(=O)N3Cc4sc(N)nc4C(F)(F)C3)c(N)n1)CC2. The lowest BCUT2D eigenvalue weighted by molar-refractivity contribution is -0.0478. The maximum Gasteiger partial charge on any atom is 0.308 e. The number of carbonyl (C=O) groups excluding carboxylic acids is 1. The highest BCUT2D eigenvalue weighted by Gasteiger charge is 2.46. The molecule has 1 saturated heterocycles. The third-order valence-corrected chi connectivity index (χ3v) is 9.00. The van der Waals surface area contributed by atoms with Gasteiger partial charge in [-0.3, -0.25) is 4.79 Å². The van der Waals surface area contributed by atoms with Crippen LogP contribution in [0.2, 0.25) is 0 Å². The Morgan fingerprint density at radius 3 is 2.64 bits per heavy atom. The first-order valence-electron chi connectivity index (χ1n) is 12.0. The number of alkyl halides is 2. The average molecular weight is 512 g/mol. The van der Waals surface area contributed by atoms with E-state index < -0.39 is 18.4 Å². The third-order valence-electron chi connectivity index (χ3n) is 8.13. The number of nitrogens with zero attached hydrogens (tertiary/aromatic N) is 5. The number of anilines is 3. The Balaban J connectivity index is 1.16. The van der Waals surface area contributed by atoms with Gasteiger partial charge in [-0.15, -0.1) is 0 Å². The molecule has 4 N–H and O–H groups in total. The number of piperidine rings is 1. The molecule has 4 heterocycles. The van der Waals surface area contributed by atoms with Crippen LogP contribution >= 0.6 is 11.3 Å². The fourth-order valence-electron chi connectivity index (χ4n) is 6.08. The summed E-state index contributed by atoms with van der Waals surface area (Å²) in [6, 6.07) is 8.70. The van der Waals surface area contributed by atoms with E-state index in [1.165, 1.54) is 17.3 Å². The van der Waals surface area contributed by atoms with Crippen LogP contribution in [0.5, 0.6) is 0 Å². The Bertz CT molecular complexity index is 1350. The van der Waals surface area contributed by atoms with Gasteiger partial charge in [0.2, 0.25) is 0 Å². The highest BCUT2D eigenvalue weighted by molar-refractivity contribution is 7.15. The van der Waals surface area contributed by atoms with Crippen molar-refractivity contribution >= 4 is 34.0 Å². The Labute approximate surface area is 211 Å². The second-order valence-corrected chi connectivity index (χ2v) is 11.2. The molecule has 1 amide bonds. The summed E-state index contributed by atoms with van der Waals surface area (Å²) >= 11 is 0.957. The van der Waals surface area contributed by atoms with Crippen molar-refractivity contribution in [2.45, 2.75) is 44.6 Å². The van der Waals surface area contributed by atoms with Gasteiger partial charge in [-0.25, -0.2) is 15.0 Å². The van der Waals surface area contributed by atoms with Crippen molar-refractivity contribution in [2.75, 3.05) is 36.0 Å². The monoisotopic (exact) mass is 511 g/mol. The van der Waals surface area contributed by atoms with Gasteiger partial charge in [0.1, 0.15) is 11.5 Å². The fourth-order valence-corrected chi connectivity index (χ4v) is 6.98. The molecule has 1 aliphatic carbocycles. The van der Waals surface area contributed by atoms with E-state index in [9.17, 15) is 13.6 Å². The van der Waals surface area contributed by atoms with Crippen LogP contribution in [0.1, 0.15) is 57.9 Å². The summed E-state index contributed by atoms with van der Waals surface area (Å²) in [5, 5.41) is 0.0526. The maximum atomic E-state index is 14.6. The minimum Gasteiger partial charge on any atom is -0.382 e. The van der Waals surface area contributed by atoms with Gasteiger partial charge in [-0.1, -0.05) is 42.5 Å². The van der Waals surface area contributed by atoms with E-state index in [0.717, 1.165) is 48.6 Å². The second kappa shape index (κ2) is 8.09. The Morgan fingerprint density at radius 1 is 1.17 bits per heavy atom. The van der Waals surface area contributed by atoms with E-state index in [4.69, 9.17) is 11.5 Å². The highest BCUT2D eigenvalue weighted by atomic mass is 32.1. The van der Waals surface area contributed by atoms with Crippen LogP contribution in [-0.4, -0.2) is 45.4 Å². The standard InChI is InChI=1S/C25H27F2N7OS/c1-14-16-5-3-2-4-15(16)10-24(14)6-8-33(9-7-24)18-11-30-19(21(28)31-18)22(35)34-12-17-20(25(26,27)13-34)32-23(29)36-17/h2-5,11,14H,6-10,12-13H2,1H3,(H2,28,31)(H2,29,32). The van der Waals surface area contributed by atoms with E-state index in [-0.39, 0.29) is 39.2 Å². The number of hydrogen-bond acceptors (Lipinski definition) is 8. The molecule has 1 fully saturated rings. The first kappa shape index (κ1) is 23.1. The summed E-state index contributed by atoms with van der Waals surface area (Å²) in [7, 11) is 0. The van der Waals surface area contributed by atoms with Gasteiger partial charge >= 0.3 is 5.92 Å². The molecule has 1 unspecified atom stereocenters. The number of fused-ring (bicyclic) bond motifs is 2. The number of hydrogen-bond donors (Lipinski definition) is 2. The molecule has 1 spiro atoms. The average Bonchev–Trinajstić information content (AvgIpc) is 3.36. The van der Waals surface area contributed by atoms with Gasteiger partial charge in [0.25, 0.3) is 5.91 Å². The summed E-state index contributed by atoms with van der Waals surface area (Å²) in [5.41, 5.74) is 14.4. The second-order valence-electron chi connectivity index (χ2n) is 10.1. The largest absolute Gasteiger partial charge is 0.382 e. The van der Waals surface area contributed by atoms with Gasteiger partial charge in [0, 0.05) is 13.1 Å². The lowest BCUT2D eigenvalue weighted by Crippen LogP contribution is -2.44. The maximum absolute atomic E-state index is 14.6. The Hall–Kier alpha value is -3.34. The molecule has 0 bridgehead atoms. The molecule has 1 aromatic carbocycles. The quantitative estimate of drug-likeness (QED) is 0.538. The number of rotatable bonds is 2. The van der Waals surface area contributed by atoms with Crippen molar-refractivity contribution in [1.82, 2.24) is 19.9 Å². The topological polar surface area (TPSA) is 114 Å². The molecule has 2 aromatic heterocycles. The zero-order chi connectivity index (χ0) is 25.2. The smallest absolute Gasteiger partial charge is 0.308 e. The molecule has 11 heteroatoms. The summed E-state index contributed by atoms with van der Waals surface area (Å²) in [6.45, 7) is 3.13. The van der Waals surface area contributed by atoms with Gasteiger partial charge in [-0.05, 0) is 41.7 Å². The molecule has 2 aliphatic heterocycles. The molecule has 36 heavy (non-hydrogen) atoms. The van der Waals surface area contributed by atoms with E-state index in [2.05, 4.69) is 51.0 Å². The Kier molecular flexibility index (Phi) is 5.19. The lowest BCUT2D eigenvalue weighted by atomic mass is 9.70. The highest BCUT2D eigenvalue weighted by Crippen LogP contribution is 2.53. The normalized spacial score (nSPS) is 21.9. The molecular weight excluding hydrogens is 484 g/mol. The van der Waals surface area contributed by atoms with Crippen LogP contribution in [0.15, 0.2) is 30.5 Å². The summed E-state index contributed by atoms with van der Waals surface area (Å²) < 4.78 is 29.2. The van der Waals surface area contributed by atoms with E-state index in [1.807, 2.05) is 0 Å². The van der Waals surface area contributed by atoms with Crippen molar-refractivity contribution < 1.29 is 13.6 Å². The van der Waals surface area contributed by atoms with Crippen LogP contribution in [0.25, 0.3) is 0 Å². The van der Waals surface area contributed by atoms with Crippen LogP contribution in [-0.2, 0) is 18.9 Å². The van der Waals surface area contributed by atoms with Crippen LogP contribution in [0, 0.1) is 5.41 Å². The van der Waals surface area contributed by atoms with E-state index in [1.54, 1.807) is 0 Å². The number of carbonyl (C=O) groups is 1. The number of nitrogen functional groups attached to an aromatic ring is 2. The predicted molar refractivity (Wildman–Crippen MR) is 134 cm³/mol. The molecule has 6 rings (SSSR count). The van der Waals surface area contributed by atoms with Gasteiger partial charge in [0.05, 0.1) is 24.2 Å². The zero-order valence-electron chi connectivity index (χ0n) is 19.9. The van der Waals surface area contributed by atoms with Gasteiger partial charge in [0.15, 0.2) is 16.6 Å². The Morgan fingerprint density at radius 2 is 1.92 bits per heavy atom. The summed E-state index contributed by atoms with van der Waals surface area (Å²) in [4.78, 5) is 29.0. The van der Waals surface area contributed by atoms with Crippen LogP contribution < -0.4 is 16.4 Å². The molecule has 3 aromatic rings. The van der Waals surface area contributed by atoms with Crippen molar-refractivity contribution in [3.63, 3.8) is 0 Å². The molecule has 0 saturated carbocycles. The molecule has 8 nitrogen and oxygen atoms in total. The van der Waals surface area contributed by atoms with Crippen molar-refractivity contribution in [2.24, 2.45) is 5.41 Å². The molecule has 188 valence electrons. The van der Waals surface area contributed by atoms with E-state index in [0.29, 0.717) is 11.7 Å². The molecule has 1 atom stereocenters. The number of thiazole rings is 1. The van der Waals surface area contributed by atoms with Gasteiger partial charge < -0.3 is 21.3 Å². The first-order valence-corrected chi connectivity index (χ1v) is 12.9. The molecule has 0 radical (unpaired) electrons. The number of halogens is 2. The van der Waals surface area contributed by atoms with Crippen molar-refractivity contribution in [1.29, 1.82) is 0 Å². The van der Waals surface area contributed by atoms with Crippen LogP contribution in [0.3, 0.4) is 0 Å². The first-order chi connectivity index (χ1) is 17.2. The van der Waals surface area contributed by atoms with Crippen molar-refractivity contribution in [3.8, 4) is 0 Å². The zero-order valence-corrected chi connectivity index (χ0v) is 20.7. The number of aromatic nitrogens is 3. The summed E-state index contributed by atoms with van der Waals surface area (Å²) in [6.07, 6.45) is 4.65. The molecular formula is C25H27F2N7OS. The van der Waals surface area contributed by atoms with E-state index >= 15 is 0 Å². The predicted octanol–water partition coefficient (Wildman–Crippen LogP) is 3.79. The minimum atomic E-state index is -3.29.